The molecule has 0 aliphatic carbocycles. The molecule has 26 heavy (non-hydrogen) atoms. The van der Waals surface area contributed by atoms with Crippen molar-refractivity contribution in [3.8, 4) is 5.75 Å². The first-order valence-electron chi connectivity index (χ1n) is 8.38. The van der Waals surface area contributed by atoms with Gasteiger partial charge in [-0.1, -0.05) is 41.9 Å². The Morgan fingerprint density at radius 3 is 2.92 bits per heavy atom. The number of hydrogen-bond acceptors (Lipinski definition) is 3. The van der Waals surface area contributed by atoms with Crippen LogP contribution in [0.4, 0.5) is 5.82 Å². The number of halogens is 1. The normalized spacial score (nSPS) is 16.1. The molecule has 1 amide bonds. The maximum Gasteiger partial charge on any atom is 0.226 e. The molecule has 0 unspecified atom stereocenters. The predicted octanol–water partition coefficient (Wildman–Crippen LogP) is 4.07. The first-order chi connectivity index (χ1) is 12.7. The summed E-state index contributed by atoms with van der Waals surface area (Å²) in [5.74, 6) is 1.44. The van der Waals surface area contributed by atoms with Gasteiger partial charge in [-0.25, -0.2) is 4.68 Å². The topological polar surface area (TPSA) is 56.1 Å². The average molecular weight is 368 g/mol. The van der Waals surface area contributed by atoms with Gasteiger partial charge in [-0.15, -0.1) is 0 Å². The van der Waals surface area contributed by atoms with Gasteiger partial charge >= 0.3 is 0 Å². The largest absolute Gasteiger partial charge is 0.497 e. The van der Waals surface area contributed by atoms with Crippen molar-refractivity contribution in [1.29, 1.82) is 0 Å². The molecular formula is C20H18ClN3O2. The molecular weight excluding hydrogens is 350 g/mol. The fourth-order valence-electron chi connectivity index (χ4n) is 3.33. The second kappa shape index (κ2) is 6.84. The van der Waals surface area contributed by atoms with E-state index in [0.29, 0.717) is 18.0 Å². The van der Waals surface area contributed by atoms with Crippen LogP contribution in [0, 0.1) is 0 Å². The van der Waals surface area contributed by atoms with Crippen LogP contribution in [0.25, 0.3) is 0 Å². The highest BCUT2D eigenvalue weighted by Crippen LogP contribution is 2.38. The maximum absolute atomic E-state index is 12.3. The Morgan fingerprint density at radius 2 is 2.12 bits per heavy atom. The third-order valence-corrected chi connectivity index (χ3v) is 5.03. The van der Waals surface area contributed by atoms with Crippen molar-refractivity contribution in [2.45, 2.75) is 18.9 Å². The summed E-state index contributed by atoms with van der Waals surface area (Å²) >= 11 is 6.27. The van der Waals surface area contributed by atoms with Gasteiger partial charge in [0.1, 0.15) is 11.6 Å². The van der Waals surface area contributed by atoms with Gasteiger partial charge < -0.3 is 10.1 Å². The number of nitrogens with zero attached hydrogens (tertiary/aromatic N) is 2. The number of rotatable bonds is 4. The molecule has 2 aromatic carbocycles. The van der Waals surface area contributed by atoms with Crippen LogP contribution in [0.15, 0.2) is 54.7 Å². The molecule has 1 N–H and O–H groups in total. The number of fused-ring (bicyclic) bond motifs is 1. The molecule has 5 nitrogen and oxygen atoms in total. The van der Waals surface area contributed by atoms with Gasteiger partial charge in [0, 0.05) is 22.9 Å². The Morgan fingerprint density at radius 1 is 1.27 bits per heavy atom. The Bertz CT molecular complexity index is 967. The van der Waals surface area contributed by atoms with Gasteiger partial charge in [0.15, 0.2) is 0 Å². The Balaban J connectivity index is 1.72. The number of aromatic nitrogens is 2. The fraction of sp³-hybridized carbons (Fsp3) is 0.200. The molecule has 0 fully saturated rings. The zero-order valence-corrected chi connectivity index (χ0v) is 15.0. The van der Waals surface area contributed by atoms with Crippen LogP contribution in [0.3, 0.4) is 0 Å². The summed E-state index contributed by atoms with van der Waals surface area (Å²) in [4.78, 5) is 12.3. The van der Waals surface area contributed by atoms with Gasteiger partial charge in [-0.2, -0.15) is 5.10 Å². The van der Waals surface area contributed by atoms with E-state index in [9.17, 15) is 4.79 Å². The summed E-state index contributed by atoms with van der Waals surface area (Å²) in [7, 11) is 1.64. The molecule has 1 aliphatic rings. The van der Waals surface area contributed by atoms with E-state index in [1.165, 1.54) is 0 Å². The van der Waals surface area contributed by atoms with Crippen LogP contribution in [-0.2, 0) is 11.3 Å². The van der Waals surface area contributed by atoms with Crippen molar-refractivity contribution in [2.75, 3.05) is 12.4 Å². The minimum atomic E-state index is -0.0474. The number of carbonyl (C=O) groups excluding carboxylic acids is 1. The zero-order valence-electron chi connectivity index (χ0n) is 14.3. The number of hydrogen-bond donors (Lipinski definition) is 1. The Kier molecular flexibility index (Phi) is 4.39. The summed E-state index contributed by atoms with van der Waals surface area (Å²) in [6.45, 7) is 0.500. The summed E-state index contributed by atoms with van der Waals surface area (Å²) in [5, 5.41) is 8.15. The molecule has 2 heterocycles. The first-order valence-corrected chi connectivity index (χ1v) is 8.76. The van der Waals surface area contributed by atoms with Gasteiger partial charge in [0.05, 0.1) is 19.9 Å². The van der Waals surface area contributed by atoms with Crippen LogP contribution in [0.2, 0.25) is 5.02 Å². The number of nitrogens with one attached hydrogen (secondary N) is 1. The predicted molar refractivity (Wildman–Crippen MR) is 101 cm³/mol. The molecule has 3 aromatic rings. The maximum atomic E-state index is 12.3. The standard InChI is InChI=1S/C20H18ClN3O2/c1-26-15-7-4-6-13(9-15)16-10-19(25)23-20-17(16)11-22-24(20)12-14-5-2-3-8-18(14)21/h2-9,11,16H,10,12H2,1H3,(H,23,25)/t16-/m1/s1. The third-order valence-electron chi connectivity index (χ3n) is 4.66. The van der Waals surface area contributed by atoms with Crippen molar-refractivity contribution < 1.29 is 9.53 Å². The lowest BCUT2D eigenvalue weighted by Gasteiger charge is -2.24. The van der Waals surface area contributed by atoms with E-state index < -0.39 is 0 Å². The molecule has 0 bridgehead atoms. The van der Waals surface area contributed by atoms with Crippen LogP contribution >= 0.6 is 11.6 Å². The molecule has 132 valence electrons. The number of amides is 1. The SMILES string of the molecule is COc1cccc([C@H]2CC(=O)Nc3c2cnn3Cc2ccccc2Cl)c1. The molecule has 6 heteroatoms. The van der Waals surface area contributed by atoms with E-state index in [-0.39, 0.29) is 11.8 Å². The monoisotopic (exact) mass is 367 g/mol. The molecule has 0 saturated heterocycles. The quantitative estimate of drug-likeness (QED) is 0.756. The minimum absolute atomic E-state index is 0.0220. The minimum Gasteiger partial charge on any atom is -0.497 e. The van der Waals surface area contributed by atoms with Crippen LogP contribution in [0.1, 0.15) is 29.0 Å². The van der Waals surface area contributed by atoms with Crippen LogP contribution < -0.4 is 10.1 Å². The highest BCUT2D eigenvalue weighted by molar-refractivity contribution is 6.31. The highest BCUT2D eigenvalue weighted by Gasteiger charge is 2.30. The lowest BCUT2D eigenvalue weighted by molar-refractivity contribution is -0.116. The lowest BCUT2D eigenvalue weighted by Crippen LogP contribution is -2.25. The number of carbonyl (C=O) groups is 1. The van der Waals surface area contributed by atoms with Gasteiger partial charge in [0.2, 0.25) is 5.91 Å². The van der Waals surface area contributed by atoms with Gasteiger partial charge in [-0.3, -0.25) is 4.79 Å². The van der Waals surface area contributed by atoms with E-state index in [1.54, 1.807) is 11.8 Å². The van der Waals surface area contributed by atoms with Crippen molar-refractivity contribution >= 4 is 23.3 Å². The van der Waals surface area contributed by atoms with Crippen molar-refractivity contribution in [3.05, 3.63) is 76.4 Å². The second-order valence-electron chi connectivity index (χ2n) is 6.28. The summed E-state index contributed by atoms with van der Waals surface area (Å²) in [6.07, 6.45) is 2.22. The molecule has 0 radical (unpaired) electrons. The number of methoxy groups -OCH3 is 1. The van der Waals surface area contributed by atoms with E-state index in [1.807, 2.05) is 54.7 Å². The number of benzene rings is 2. The van der Waals surface area contributed by atoms with Crippen LogP contribution in [0.5, 0.6) is 5.75 Å². The van der Waals surface area contributed by atoms with Crippen molar-refractivity contribution in [3.63, 3.8) is 0 Å². The van der Waals surface area contributed by atoms with Gasteiger partial charge in [-0.05, 0) is 29.3 Å². The van der Waals surface area contributed by atoms with E-state index >= 15 is 0 Å². The van der Waals surface area contributed by atoms with Crippen LogP contribution in [-0.4, -0.2) is 22.8 Å². The molecule has 1 aromatic heterocycles. The summed E-state index contributed by atoms with van der Waals surface area (Å²) in [5.41, 5.74) is 3.00. The Hall–Kier alpha value is -2.79. The molecule has 1 aliphatic heterocycles. The zero-order chi connectivity index (χ0) is 18.1. The van der Waals surface area contributed by atoms with E-state index in [0.717, 1.165) is 28.3 Å². The second-order valence-corrected chi connectivity index (χ2v) is 6.69. The Labute approximate surface area is 156 Å². The first kappa shape index (κ1) is 16.7. The summed E-state index contributed by atoms with van der Waals surface area (Å²) in [6, 6.07) is 15.5. The molecule has 1 atom stereocenters. The smallest absolute Gasteiger partial charge is 0.226 e. The molecule has 0 spiro atoms. The number of anilines is 1. The highest BCUT2D eigenvalue weighted by atomic mass is 35.5. The van der Waals surface area contributed by atoms with Gasteiger partial charge in [0.25, 0.3) is 0 Å². The fourth-order valence-corrected chi connectivity index (χ4v) is 3.53. The van der Waals surface area contributed by atoms with Crippen molar-refractivity contribution in [2.24, 2.45) is 0 Å². The molecule has 0 saturated carbocycles. The number of ether oxygens (including phenoxy) is 1. The third kappa shape index (κ3) is 3.06. The van der Waals surface area contributed by atoms with E-state index in [4.69, 9.17) is 16.3 Å². The average Bonchev–Trinajstić information content (AvgIpc) is 3.05. The molecule has 4 rings (SSSR count). The van der Waals surface area contributed by atoms with Crippen molar-refractivity contribution in [1.82, 2.24) is 9.78 Å². The van der Waals surface area contributed by atoms with E-state index in [2.05, 4.69) is 10.4 Å². The lowest BCUT2D eigenvalue weighted by atomic mass is 9.87. The summed E-state index contributed by atoms with van der Waals surface area (Å²) < 4.78 is 7.11.